The molecule has 18 heavy (non-hydrogen) atoms. The lowest BCUT2D eigenvalue weighted by atomic mass is 9.80. The lowest BCUT2D eigenvalue weighted by Crippen LogP contribution is -2.42. The summed E-state index contributed by atoms with van der Waals surface area (Å²) >= 11 is 0. The van der Waals surface area contributed by atoms with Gasteiger partial charge >= 0.3 is 0 Å². The van der Waals surface area contributed by atoms with Crippen LogP contribution in [0.25, 0.3) is 0 Å². The average molecular weight is 245 g/mol. The number of benzene rings is 1. The van der Waals surface area contributed by atoms with Crippen LogP contribution in [0.15, 0.2) is 18.2 Å². The summed E-state index contributed by atoms with van der Waals surface area (Å²) in [4.78, 5) is 0. The van der Waals surface area contributed by atoms with Gasteiger partial charge in [0, 0.05) is 5.54 Å². The Morgan fingerprint density at radius 2 is 1.39 bits per heavy atom. The zero-order valence-corrected chi connectivity index (χ0v) is 12.0. The second-order valence-corrected chi connectivity index (χ2v) is 6.30. The minimum Gasteiger partial charge on any atom is -0.325 e. The molecular formula is C17H27N. The van der Waals surface area contributed by atoms with Gasteiger partial charge in [-0.25, -0.2) is 0 Å². The van der Waals surface area contributed by atoms with Gasteiger partial charge in [-0.05, 0) is 38.7 Å². The molecule has 1 fully saturated rings. The third-order valence-corrected chi connectivity index (χ3v) is 4.19. The van der Waals surface area contributed by atoms with Crippen molar-refractivity contribution in [2.75, 3.05) is 0 Å². The summed E-state index contributed by atoms with van der Waals surface area (Å²) < 4.78 is 0. The van der Waals surface area contributed by atoms with E-state index in [1.165, 1.54) is 61.6 Å². The Labute approximate surface area is 112 Å². The molecule has 1 nitrogen and oxygen atoms in total. The van der Waals surface area contributed by atoms with Crippen molar-refractivity contribution in [1.29, 1.82) is 0 Å². The highest BCUT2D eigenvalue weighted by Gasteiger charge is 2.25. The molecule has 0 radical (unpaired) electrons. The molecule has 2 rings (SSSR count). The molecule has 0 heterocycles. The van der Waals surface area contributed by atoms with E-state index in [4.69, 9.17) is 5.73 Å². The van der Waals surface area contributed by atoms with Crippen LogP contribution in [-0.4, -0.2) is 5.54 Å². The molecule has 0 unspecified atom stereocenters. The third-order valence-electron chi connectivity index (χ3n) is 4.19. The quantitative estimate of drug-likeness (QED) is 0.826. The highest BCUT2D eigenvalue weighted by atomic mass is 14.7. The van der Waals surface area contributed by atoms with Crippen LogP contribution >= 0.6 is 0 Å². The summed E-state index contributed by atoms with van der Waals surface area (Å²) in [6, 6.07) is 6.85. The van der Waals surface area contributed by atoms with Crippen LogP contribution in [0.4, 0.5) is 0 Å². The summed E-state index contributed by atoms with van der Waals surface area (Å²) in [7, 11) is 0. The molecule has 100 valence electrons. The van der Waals surface area contributed by atoms with Gasteiger partial charge in [0.25, 0.3) is 0 Å². The highest BCUT2D eigenvalue weighted by Crippen LogP contribution is 2.28. The van der Waals surface area contributed by atoms with Gasteiger partial charge in [-0.15, -0.1) is 0 Å². The van der Waals surface area contributed by atoms with Crippen molar-refractivity contribution < 1.29 is 0 Å². The summed E-state index contributed by atoms with van der Waals surface area (Å²) in [6.45, 7) is 4.36. The fraction of sp³-hybridized carbons (Fsp3) is 0.647. The zero-order valence-electron chi connectivity index (χ0n) is 12.0. The van der Waals surface area contributed by atoms with Crippen molar-refractivity contribution in [3.05, 3.63) is 34.9 Å². The van der Waals surface area contributed by atoms with Crippen LogP contribution in [0.2, 0.25) is 0 Å². The van der Waals surface area contributed by atoms with Crippen molar-refractivity contribution in [2.45, 2.75) is 70.8 Å². The maximum atomic E-state index is 6.66. The van der Waals surface area contributed by atoms with Crippen LogP contribution in [-0.2, 0) is 6.42 Å². The Balaban J connectivity index is 2.09. The molecule has 0 aromatic heterocycles. The van der Waals surface area contributed by atoms with E-state index in [0.29, 0.717) is 0 Å². The molecule has 0 atom stereocenters. The Kier molecular flexibility index (Phi) is 4.45. The maximum absolute atomic E-state index is 6.66. The van der Waals surface area contributed by atoms with Crippen molar-refractivity contribution >= 4 is 0 Å². The third kappa shape index (κ3) is 3.84. The average Bonchev–Trinajstić information content (AvgIpc) is 2.23. The highest BCUT2D eigenvalue weighted by molar-refractivity contribution is 5.29. The van der Waals surface area contributed by atoms with E-state index in [9.17, 15) is 0 Å². The first-order valence-electron chi connectivity index (χ1n) is 7.43. The standard InChI is InChI=1S/C17H27N/c1-14-10-15(2)12-16(11-14)13-17(18)8-6-4-3-5-7-9-17/h10-12H,3-9,13,18H2,1-2H3. The topological polar surface area (TPSA) is 26.0 Å². The van der Waals surface area contributed by atoms with E-state index < -0.39 is 0 Å². The van der Waals surface area contributed by atoms with Gasteiger partial charge in [0.1, 0.15) is 0 Å². The van der Waals surface area contributed by atoms with Crippen molar-refractivity contribution in [2.24, 2.45) is 5.73 Å². The number of aryl methyl sites for hydroxylation is 2. The smallest absolute Gasteiger partial charge is 0.0195 e. The van der Waals surface area contributed by atoms with E-state index in [2.05, 4.69) is 32.0 Å². The number of nitrogens with two attached hydrogens (primary N) is 1. The summed E-state index contributed by atoms with van der Waals surface area (Å²) in [5.41, 5.74) is 10.9. The summed E-state index contributed by atoms with van der Waals surface area (Å²) in [5, 5.41) is 0. The van der Waals surface area contributed by atoms with Crippen LogP contribution in [0, 0.1) is 13.8 Å². The Morgan fingerprint density at radius 3 is 1.94 bits per heavy atom. The molecule has 0 bridgehead atoms. The van der Waals surface area contributed by atoms with Crippen molar-refractivity contribution in [3.63, 3.8) is 0 Å². The predicted octanol–water partition coefficient (Wildman–Crippen LogP) is 4.29. The van der Waals surface area contributed by atoms with Crippen LogP contribution < -0.4 is 5.73 Å². The molecular weight excluding hydrogens is 218 g/mol. The van der Waals surface area contributed by atoms with Gasteiger partial charge in [-0.1, -0.05) is 61.4 Å². The van der Waals surface area contributed by atoms with Crippen molar-refractivity contribution in [1.82, 2.24) is 0 Å². The number of hydrogen-bond donors (Lipinski definition) is 1. The second-order valence-electron chi connectivity index (χ2n) is 6.30. The number of hydrogen-bond acceptors (Lipinski definition) is 1. The fourth-order valence-corrected chi connectivity index (χ4v) is 3.36. The second kappa shape index (κ2) is 5.88. The molecule has 0 amide bonds. The first-order valence-corrected chi connectivity index (χ1v) is 7.43. The minimum atomic E-state index is 0.0423. The largest absolute Gasteiger partial charge is 0.325 e. The van der Waals surface area contributed by atoms with E-state index in [-0.39, 0.29) is 5.54 Å². The molecule has 1 saturated carbocycles. The Morgan fingerprint density at radius 1 is 0.889 bits per heavy atom. The molecule has 1 aromatic rings. The molecule has 2 N–H and O–H groups in total. The van der Waals surface area contributed by atoms with E-state index in [1.54, 1.807) is 0 Å². The SMILES string of the molecule is Cc1cc(C)cc(CC2(N)CCCCCCC2)c1. The van der Waals surface area contributed by atoms with Gasteiger partial charge in [-0.2, -0.15) is 0 Å². The van der Waals surface area contributed by atoms with Gasteiger partial charge in [0.2, 0.25) is 0 Å². The predicted molar refractivity (Wildman–Crippen MR) is 78.9 cm³/mol. The van der Waals surface area contributed by atoms with Crippen molar-refractivity contribution in [3.8, 4) is 0 Å². The summed E-state index contributed by atoms with van der Waals surface area (Å²) in [5.74, 6) is 0. The molecule has 0 aliphatic heterocycles. The lowest BCUT2D eigenvalue weighted by molar-refractivity contribution is 0.314. The minimum absolute atomic E-state index is 0.0423. The lowest BCUT2D eigenvalue weighted by Gasteiger charge is -2.32. The van der Waals surface area contributed by atoms with E-state index in [0.717, 1.165) is 6.42 Å². The zero-order chi connectivity index (χ0) is 13.0. The Hall–Kier alpha value is -0.820. The maximum Gasteiger partial charge on any atom is 0.0195 e. The Bertz CT molecular complexity index is 366. The van der Waals surface area contributed by atoms with Crippen LogP contribution in [0.3, 0.4) is 0 Å². The van der Waals surface area contributed by atoms with E-state index >= 15 is 0 Å². The fourth-order valence-electron chi connectivity index (χ4n) is 3.36. The van der Waals surface area contributed by atoms with Crippen LogP contribution in [0.5, 0.6) is 0 Å². The molecule has 0 saturated heterocycles. The molecule has 1 heteroatoms. The van der Waals surface area contributed by atoms with Gasteiger partial charge in [-0.3, -0.25) is 0 Å². The molecule has 0 spiro atoms. The summed E-state index contributed by atoms with van der Waals surface area (Å²) in [6.07, 6.45) is 10.2. The van der Waals surface area contributed by atoms with Gasteiger partial charge in [0.05, 0.1) is 0 Å². The first kappa shape index (κ1) is 13.6. The first-order chi connectivity index (χ1) is 8.57. The molecule has 1 aliphatic carbocycles. The van der Waals surface area contributed by atoms with Crippen LogP contribution in [0.1, 0.15) is 61.6 Å². The number of rotatable bonds is 2. The van der Waals surface area contributed by atoms with Gasteiger partial charge in [0.15, 0.2) is 0 Å². The molecule has 1 aromatic carbocycles. The van der Waals surface area contributed by atoms with Gasteiger partial charge < -0.3 is 5.73 Å². The van der Waals surface area contributed by atoms with E-state index in [1.807, 2.05) is 0 Å². The monoisotopic (exact) mass is 245 g/mol. The molecule has 1 aliphatic rings. The normalized spacial score (nSPS) is 20.2.